The summed E-state index contributed by atoms with van der Waals surface area (Å²) in [6.45, 7) is 0.384. The molecule has 20 heavy (non-hydrogen) atoms. The molecule has 2 rings (SSSR count). The molecule has 0 aromatic heterocycles. The maximum Gasteiger partial charge on any atom is 0.277 e. The Balaban J connectivity index is 1.79. The van der Waals surface area contributed by atoms with Crippen molar-refractivity contribution in [1.29, 1.82) is 0 Å². The predicted octanol–water partition coefficient (Wildman–Crippen LogP) is 1.60. The minimum absolute atomic E-state index is 0.101. The van der Waals surface area contributed by atoms with Crippen LogP contribution in [0.2, 0.25) is 0 Å². The molecule has 0 aliphatic heterocycles. The number of hydrogen-bond acceptors (Lipinski definition) is 3. The van der Waals surface area contributed by atoms with Gasteiger partial charge in [-0.2, -0.15) is 13.1 Å². The number of nitrogens with one attached hydrogen (secondary N) is 2. The fourth-order valence-corrected chi connectivity index (χ4v) is 3.59. The van der Waals surface area contributed by atoms with Crippen LogP contribution in [-0.2, 0) is 16.6 Å². The molecule has 1 fully saturated rings. The lowest BCUT2D eigenvalue weighted by Gasteiger charge is -2.13. The summed E-state index contributed by atoms with van der Waals surface area (Å²) in [5, 5.41) is 0. The molecular formula is C14H22N2O3S. The Hall–Kier alpha value is -1.11. The van der Waals surface area contributed by atoms with Crippen molar-refractivity contribution in [3.05, 3.63) is 29.8 Å². The van der Waals surface area contributed by atoms with Crippen molar-refractivity contribution in [2.45, 2.75) is 38.1 Å². The molecule has 1 aromatic rings. The molecule has 0 saturated heterocycles. The van der Waals surface area contributed by atoms with Gasteiger partial charge in [0.05, 0.1) is 7.11 Å². The highest BCUT2D eigenvalue weighted by Gasteiger charge is 2.20. The SMILES string of the molecule is COc1cccc(CCNS(=O)(=O)NC2CCCC2)c1. The van der Waals surface area contributed by atoms with Gasteiger partial charge in [0.25, 0.3) is 10.2 Å². The van der Waals surface area contributed by atoms with Gasteiger partial charge in [-0.25, -0.2) is 4.72 Å². The van der Waals surface area contributed by atoms with Crippen LogP contribution in [0.1, 0.15) is 31.2 Å². The number of benzene rings is 1. The molecule has 2 N–H and O–H groups in total. The van der Waals surface area contributed by atoms with Gasteiger partial charge in [-0.3, -0.25) is 0 Å². The van der Waals surface area contributed by atoms with Crippen molar-refractivity contribution in [3.8, 4) is 5.75 Å². The number of rotatable bonds is 7. The third-order valence-corrected chi connectivity index (χ3v) is 4.74. The van der Waals surface area contributed by atoms with E-state index in [0.29, 0.717) is 13.0 Å². The molecule has 0 spiro atoms. The van der Waals surface area contributed by atoms with Gasteiger partial charge in [-0.1, -0.05) is 25.0 Å². The van der Waals surface area contributed by atoms with Crippen LogP contribution in [0.3, 0.4) is 0 Å². The minimum atomic E-state index is -3.38. The molecule has 0 radical (unpaired) electrons. The summed E-state index contributed by atoms with van der Waals surface area (Å²) >= 11 is 0. The zero-order valence-electron chi connectivity index (χ0n) is 11.8. The Morgan fingerprint density at radius 2 is 2.05 bits per heavy atom. The van der Waals surface area contributed by atoms with E-state index in [0.717, 1.165) is 37.0 Å². The van der Waals surface area contributed by atoms with Crippen LogP contribution in [0.25, 0.3) is 0 Å². The molecular weight excluding hydrogens is 276 g/mol. The number of ether oxygens (including phenoxy) is 1. The van der Waals surface area contributed by atoms with Gasteiger partial charge < -0.3 is 4.74 Å². The van der Waals surface area contributed by atoms with Crippen molar-refractivity contribution in [2.75, 3.05) is 13.7 Å². The second-order valence-corrected chi connectivity index (χ2v) is 6.63. The van der Waals surface area contributed by atoms with Gasteiger partial charge in [0.2, 0.25) is 0 Å². The van der Waals surface area contributed by atoms with Crippen LogP contribution in [-0.4, -0.2) is 28.1 Å². The fraction of sp³-hybridized carbons (Fsp3) is 0.571. The van der Waals surface area contributed by atoms with E-state index in [2.05, 4.69) is 9.44 Å². The first-order chi connectivity index (χ1) is 9.59. The predicted molar refractivity (Wildman–Crippen MR) is 79.0 cm³/mol. The summed E-state index contributed by atoms with van der Waals surface area (Å²) < 4.78 is 34.1. The molecule has 0 unspecified atom stereocenters. The molecule has 1 aliphatic carbocycles. The highest BCUT2D eigenvalue weighted by atomic mass is 32.2. The van der Waals surface area contributed by atoms with Gasteiger partial charge >= 0.3 is 0 Å². The molecule has 0 amide bonds. The van der Waals surface area contributed by atoms with E-state index in [-0.39, 0.29) is 6.04 Å². The summed E-state index contributed by atoms with van der Waals surface area (Å²) in [7, 11) is -1.76. The normalized spacial score (nSPS) is 16.4. The van der Waals surface area contributed by atoms with Gasteiger partial charge in [-0.05, 0) is 37.0 Å². The van der Waals surface area contributed by atoms with Crippen molar-refractivity contribution in [2.24, 2.45) is 0 Å². The monoisotopic (exact) mass is 298 g/mol. The zero-order valence-corrected chi connectivity index (χ0v) is 12.6. The van der Waals surface area contributed by atoms with Crippen molar-refractivity contribution < 1.29 is 13.2 Å². The van der Waals surface area contributed by atoms with Crippen LogP contribution in [0.4, 0.5) is 0 Å². The number of hydrogen-bond donors (Lipinski definition) is 2. The van der Waals surface area contributed by atoms with Crippen LogP contribution in [0, 0.1) is 0 Å². The molecule has 1 aromatic carbocycles. The van der Waals surface area contributed by atoms with E-state index in [9.17, 15) is 8.42 Å². The van der Waals surface area contributed by atoms with E-state index >= 15 is 0 Å². The minimum Gasteiger partial charge on any atom is -0.497 e. The van der Waals surface area contributed by atoms with Crippen LogP contribution in [0.15, 0.2) is 24.3 Å². The highest BCUT2D eigenvalue weighted by molar-refractivity contribution is 7.87. The second-order valence-electron chi connectivity index (χ2n) is 5.10. The molecule has 0 bridgehead atoms. The standard InChI is InChI=1S/C14H22N2O3S/c1-19-14-8-4-5-12(11-14)9-10-15-20(17,18)16-13-6-2-3-7-13/h4-5,8,11,13,15-16H,2-3,6-7,9-10H2,1H3. The zero-order chi connectivity index (χ0) is 14.4. The van der Waals surface area contributed by atoms with E-state index < -0.39 is 10.2 Å². The van der Waals surface area contributed by atoms with E-state index in [1.54, 1.807) is 7.11 Å². The quantitative estimate of drug-likeness (QED) is 0.803. The highest BCUT2D eigenvalue weighted by Crippen LogP contribution is 2.18. The first kappa shape index (κ1) is 15.3. The van der Waals surface area contributed by atoms with Crippen LogP contribution in [0.5, 0.6) is 5.75 Å². The Kier molecular flexibility index (Phi) is 5.39. The topological polar surface area (TPSA) is 67.4 Å². The number of methoxy groups -OCH3 is 1. The molecule has 6 heteroatoms. The Labute approximate surface area is 120 Å². The Bertz CT molecular complexity index is 525. The smallest absolute Gasteiger partial charge is 0.277 e. The third kappa shape index (κ3) is 4.77. The van der Waals surface area contributed by atoms with Crippen molar-refractivity contribution >= 4 is 10.2 Å². The summed E-state index contributed by atoms with van der Waals surface area (Å²) in [5.41, 5.74) is 1.05. The van der Waals surface area contributed by atoms with Gasteiger partial charge in [0, 0.05) is 12.6 Å². The Morgan fingerprint density at radius 1 is 1.30 bits per heavy atom. The summed E-state index contributed by atoms with van der Waals surface area (Å²) in [4.78, 5) is 0. The fourth-order valence-electron chi connectivity index (χ4n) is 2.46. The van der Waals surface area contributed by atoms with Crippen molar-refractivity contribution in [1.82, 2.24) is 9.44 Å². The first-order valence-electron chi connectivity index (χ1n) is 6.99. The lowest BCUT2D eigenvalue weighted by Crippen LogP contribution is -2.42. The molecule has 1 aliphatic rings. The second kappa shape index (κ2) is 7.06. The molecule has 1 saturated carbocycles. The van der Waals surface area contributed by atoms with Gasteiger partial charge in [-0.15, -0.1) is 0 Å². The van der Waals surface area contributed by atoms with Crippen molar-refractivity contribution in [3.63, 3.8) is 0 Å². The summed E-state index contributed by atoms with van der Waals surface area (Å²) in [6.07, 6.45) is 4.74. The van der Waals surface area contributed by atoms with Gasteiger partial charge in [0.15, 0.2) is 0 Å². The lowest BCUT2D eigenvalue weighted by atomic mass is 10.1. The summed E-state index contributed by atoms with van der Waals surface area (Å²) in [5.74, 6) is 0.787. The average Bonchev–Trinajstić information content (AvgIpc) is 2.91. The molecule has 112 valence electrons. The van der Waals surface area contributed by atoms with E-state index in [4.69, 9.17) is 4.74 Å². The molecule has 0 atom stereocenters. The summed E-state index contributed by atoms with van der Waals surface area (Å²) in [6, 6.07) is 7.75. The van der Waals surface area contributed by atoms with E-state index in [1.807, 2.05) is 24.3 Å². The molecule has 5 nitrogen and oxygen atoms in total. The van der Waals surface area contributed by atoms with Crippen LogP contribution >= 0.6 is 0 Å². The maximum atomic E-state index is 11.9. The first-order valence-corrected chi connectivity index (χ1v) is 8.47. The maximum absolute atomic E-state index is 11.9. The van der Waals surface area contributed by atoms with E-state index in [1.165, 1.54) is 0 Å². The Morgan fingerprint density at radius 3 is 2.75 bits per heavy atom. The molecule has 0 heterocycles. The van der Waals surface area contributed by atoms with Gasteiger partial charge in [0.1, 0.15) is 5.75 Å². The largest absolute Gasteiger partial charge is 0.497 e. The van der Waals surface area contributed by atoms with Crippen LogP contribution < -0.4 is 14.2 Å². The third-order valence-electron chi connectivity index (χ3n) is 3.52. The lowest BCUT2D eigenvalue weighted by molar-refractivity contribution is 0.414. The average molecular weight is 298 g/mol.